The highest BCUT2D eigenvalue weighted by Crippen LogP contribution is 2.44. The molecule has 8 heteroatoms. The Morgan fingerprint density at radius 1 is 1.14 bits per heavy atom. The van der Waals surface area contributed by atoms with Gasteiger partial charge in [0.15, 0.2) is 0 Å². The number of halogens is 1. The Kier molecular flexibility index (Phi) is 7.33. The summed E-state index contributed by atoms with van der Waals surface area (Å²) in [5, 5.41) is 19.5. The van der Waals surface area contributed by atoms with Gasteiger partial charge in [0.1, 0.15) is 23.1 Å². The van der Waals surface area contributed by atoms with E-state index < -0.39 is 7.12 Å². The number of hydrogen-bond acceptors (Lipinski definition) is 6. The molecule has 2 aromatic carbocycles. The second kappa shape index (κ2) is 10.4. The number of methoxy groups -OCH3 is 2. The fourth-order valence-corrected chi connectivity index (χ4v) is 4.64. The highest BCUT2D eigenvalue weighted by atomic mass is 19.1. The molecule has 0 bridgehead atoms. The zero-order valence-corrected chi connectivity index (χ0v) is 20.0. The van der Waals surface area contributed by atoms with Crippen molar-refractivity contribution in [2.75, 3.05) is 14.2 Å². The van der Waals surface area contributed by atoms with Crippen molar-refractivity contribution in [2.45, 2.75) is 32.6 Å². The molecule has 1 aliphatic heterocycles. The zero-order chi connectivity index (χ0) is 25.1. The van der Waals surface area contributed by atoms with Crippen LogP contribution in [0.3, 0.4) is 0 Å². The monoisotopic (exact) mass is 475 g/mol. The molecule has 0 unspecified atom stereocenters. The predicted molar refractivity (Wildman–Crippen MR) is 136 cm³/mol. The Labute approximate surface area is 204 Å². The number of allylic oxidation sites excluding steroid dienone is 4. The van der Waals surface area contributed by atoms with Crippen LogP contribution in [-0.2, 0) is 4.79 Å². The summed E-state index contributed by atoms with van der Waals surface area (Å²) in [6.07, 6.45) is 7.48. The Morgan fingerprint density at radius 2 is 1.86 bits per heavy atom. The molecule has 1 heterocycles. The predicted octanol–water partition coefficient (Wildman–Crippen LogP) is 3.95. The SMILES string of the molecule is COc1cc(/C=C2/C(C)=C(CCC(=O)CC3=NC=CC3)c3cc(F)ccc32)cc(OC)c1B(O)O. The van der Waals surface area contributed by atoms with Crippen LogP contribution in [-0.4, -0.2) is 42.9 Å². The summed E-state index contributed by atoms with van der Waals surface area (Å²) in [5.41, 5.74) is 6.18. The van der Waals surface area contributed by atoms with Gasteiger partial charge >= 0.3 is 7.12 Å². The van der Waals surface area contributed by atoms with Gasteiger partial charge in [-0.25, -0.2) is 4.39 Å². The second-order valence-electron chi connectivity index (χ2n) is 8.56. The zero-order valence-electron chi connectivity index (χ0n) is 20.0. The molecule has 0 aromatic heterocycles. The number of rotatable bonds is 9. The van der Waals surface area contributed by atoms with Crippen molar-refractivity contribution < 1.29 is 28.7 Å². The van der Waals surface area contributed by atoms with Crippen molar-refractivity contribution in [3.63, 3.8) is 0 Å². The molecule has 0 saturated carbocycles. The fourth-order valence-electron chi connectivity index (χ4n) is 4.64. The van der Waals surface area contributed by atoms with E-state index in [4.69, 9.17) is 9.47 Å². The highest BCUT2D eigenvalue weighted by molar-refractivity contribution is 6.61. The Hall–Kier alpha value is -3.49. The first kappa shape index (κ1) is 24.6. The highest BCUT2D eigenvalue weighted by Gasteiger charge is 2.26. The van der Waals surface area contributed by atoms with Gasteiger partial charge in [0.25, 0.3) is 0 Å². The number of nitrogens with zero attached hydrogens (tertiary/aromatic N) is 1. The topological polar surface area (TPSA) is 88.4 Å². The number of Topliss-reactive ketones (excluding diaryl/α,β-unsaturated/α-hetero) is 1. The largest absolute Gasteiger partial charge is 0.497 e. The van der Waals surface area contributed by atoms with Gasteiger partial charge in [-0.3, -0.25) is 9.79 Å². The third-order valence-corrected chi connectivity index (χ3v) is 6.36. The van der Waals surface area contributed by atoms with Crippen LogP contribution < -0.4 is 14.9 Å². The molecule has 0 radical (unpaired) electrons. The molecule has 0 atom stereocenters. The number of hydrogen-bond donors (Lipinski definition) is 2. The van der Waals surface area contributed by atoms with Gasteiger partial charge in [-0.05, 0) is 77.1 Å². The van der Waals surface area contributed by atoms with E-state index >= 15 is 0 Å². The van der Waals surface area contributed by atoms with Crippen LogP contribution in [0.5, 0.6) is 11.5 Å². The lowest BCUT2D eigenvalue weighted by molar-refractivity contribution is -0.117. The van der Waals surface area contributed by atoms with Gasteiger partial charge in [0.2, 0.25) is 0 Å². The van der Waals surface area contributed by atoms with Crippen LogP contribution in [0, 0.1) is 5.82 Å². The molecule has 4 rings (SSSR count). The second-order valence-corrected chi connectivity index (χ2v) is 8.56. The van der Waals surface area contributed by atoms with Crippen LogP contribution in [0.1, 0.15) is 49.3 Å². The van der Waals surface area contributed by atoms with Crippen LogP contribution in [0.2, 0.25) is 0 Å². The van der Waals surface area contributed by atoms with Crippen molar-refractivity contribution in [1.29, 1.82) is 0 Å². The Bertz CT molecular complexity index is 1270. The van der Waals surface area contributed by atoms with Gasteiger partial charge in [0, 0.05) is 31.2 Å². The minimum absolute atomic E-state index is 0.107. The lowest BCUT2D eigenvalue weighted by Crippen LogP contribution is -2.32. The van der Waals surface area contributed by atoms with Gasteiger partial charge in [-0.15, -0.1) is 0 Å². The van der Waals surface area contributed by atoms with E-state index in [9.17, 15) is 19.2 Å². The van der Waals surface area contributed by atoms with E-state index in [-0.39, 0.29) is 28.6 Å². The van der Waals surface area contributed by atoms with Crippen LogP contribution in [0.4, 0.5) is 4.39 Å². The molecular formula is C27H27BFNO5. The third kappa shape index (κ3) is 5.13. The summed E-state index contributed by atoms with van der Waals surface area (Å²) in [4.78, 5) is 16.8. The number of ether oxygens (including phenoxy) is 2. The molecule has 2 aromatic rings. The molecular weight excluding hydrogens is 448 g/mol. The molecule has 35 heavy (non-hydrogen) atoms. The first-order valence-corrected chi connectivity index (χ1v) is 11.4. The van der Waals surface area contributed by atoms with Crippen molar-refractivity contribution >= 4 is 41.3 Å². The summed E-state index contributed by atoms with van der Waals surface area (Å²) < 4.78 is 24.9. The number of benzene rings is 2. The summed E-state index contributed by atoms with van der Waals surface area (Å²) in [7, 11) is 1.13. The van der Waals surface area contributed by atoms with E-state index in [2.05, 4.69) is 4.99 Å². The van der Waals surface area contributed by atoms with E-state index in [0.717, 1.165) is 39.1 Å². The summed E-state index contributed by atoms with van der Waals surface area (Å²) >= 11 is 0. The van der Waals surface area contributed by atoms with Crippen molar-refractivity contribution in [3.05, 3.63) is 70.7 Å². The number of fused-ring (bicyclic) bond motifs is 1. The standard InChI is InChI=1S/C27H27BFNO5/c1-16-21(9-7-20(31)15-19-5-4-10-30-19)24-14-18(29)6-8-22(24)23(16)11-17-12-25(34-2)27(28(32)33)26(13-17)35-3/h4,6,8,10-14,32-33H,5,7,9,15H2,1-3H3/b23-11-. The van der Waals surface area contributed by atoms with Gasteiger partial charge in [-0.2, -0.15) is 0 Å². The normalized spacial score (nSPS) is 15.5. The van der Waals surface area contributed by atoms with E-state index in [1.165, 1.54) is 26.4 Å². The summed E-state index contributed by atoms with van der Waals surface area (Å²) in [5.74, 6) is 0.328. The number of ketones is 1. The Balaban J connectivity index is 1.69. The maximum Gasteiger partial charge on any atom is 0.496 e. The number of carbonyl (C=O) groups is 1. The average Bonchev–Trinajstić information content (AvgIpc) is 3.43. The van der Waals surface area contributed by atoms with Crippen LogP contribution in [0.25, 0.3) is 17.2 Å². The molecule has 2 N–H and O–H groups in total. The van der Waals surface area contributed by atoms with Crippen LogP contribution in [0.15, 0.2) is 53.2 Å². The van der Waals surface area contributed by atoms with Gasteiger partial charge < -0.3 is 19.5 Å². The first-order valence-electron chi connectivity index (χ1n) is 11.4. The summed E-state index contributed by atoms with van der Waals surface area (Å²) in [6, 6.07) is 8.06. The van der Waals surface area contributed by atoms with Gasteiger partial charge in [-0.1, -0.05) is 12.1 Å². The molecule has 0 spiro atoms. The maximum absolute atomic E-state index is 14.2. The van der Waals surface area contributed by atoms with Gasteiger partial charge in [0.05, 0.1) is 19.7 Å². The Morgan fingerprint density at radius 3 is 2.46 bits per heavy atom. The van der Waals surface area contributed by atoms with Crippen LogP contribution >= 0.6 is 0 Å². The minimum atomic E-state index is -1.76. The minimum Gasteiger partial charge on any atom is -0.497 e. The quantitative estimate of drug-likeness (QED) is 0.537. The third-order valence-electron chi connectivity index (χ3n) is 6.36. The lowest BCUT2D eigenvalue weighted by Gasteiger charge is -2.14. The molecule has 1 aliphatic carbocycles. The fraction of sp³-hybridized carbons (Fsp3) is 0.259. The smallest absolute Gasteiger partial charge is 0.496 e. The maximum atomic E-state index is 14.2. The lowest BCUT2D eigenvalue weighted by atomic mass is 9.78. The molecule has 2 aliphatic rings. The number of aliphatic imine (C=N–C) groups is 1. The molecule has 0 amide bonds. The van der Waals surface area contributed by atoms with Crippen molar-refractivity contribution in [2.24, 2.45) is 4.99 Å². The molecule has 0 saturated heterocycles. The van der Waals surface area contributed by atoms with E-state index in [0.29, 0.717) is 25.7 Å². The molecule has 180 valence electrons. The van der Waals surface area contributed by atoms with Crippen molar-refractivity contribution in [1.82, 2.24) is 0 Å². The summed E-state index contributed by atoms with van der Waals surface area (Å²) in [6.45, 7) is 1.97. The van der Waals surface area contributed by atoms with E-state index in [1.54, 1.807) is 24.4 Å². The molecule has 0 fully saturated rings. The average molecular weight is 475 g/mol. The van der Waals surface area contributed by atoms with Crippen molar-refractivity contribution in [3.8, 4) is 11.5 Å². The van der Waals surface area contributed by atoms with E-state index in [1.807, 2.05) is 19.1 Å². The molecule has 6 nitrogen and oxygen atoms in total. The first-order chi connectivity index (χ1) is 16.8. The number of carbonyl (C=O) groups excluding carboxylic acids is 1.